The van der Waals surface area contributed by atoms with Gasteiger partial charge in [-0.15, -0.1) is 11.8 Å². The molecule has 0 aliphatic carbocycles. The standard InChI is InChI=1S/C20H16Br2OS/c21-16-10-6-14(7-11-16)19(23)20(15-8-12-17(22)13-9-15)24-18-4-2-1-3-5-18/h1-13,19-20,23H/t19-,20-/m0/s1. The van der Waals surface area contributed by atoms with E-state index in [0.717, 1.165) is 25.0 Å². The zero-order valence-corrected chi connectivity index (χ0v) is 16.8. The van der Waals surface area contributed by atoms with Crippen molar-refractivity contribution >= 4 is 43.6 Å². The lowest BCUT2D eigenvalue weighted by atomic mass is 10.0. The fourth-order valence-electron chi connectivity index (χ4n) is 2.45. The first-order chi connectivity index (χ1) is 11.6. The second-order valence-electron chi connectivity index (χ2n) is 5.40. The van der Waals surface area contributed by atoms with E-state index >= 15 is 0 Å². The molecule has 0 fully saturated rings. The van der Waals surface area contributed by atoms with Crippen LogP contribution in [0.5, 0.6) is 0 Å². The zero-order valence-electron chi connectivity index (χ0n) is 12.8. The molecule has 0 unspecified atom stereocenters. The highest BCUT2D eigenvalue weighted by molar-refractivity contribution is 9.10. The van der Waals surface area contributed by atoms with Crippen LogP contribution in [0, 0.1) is 0 Å². The van der Waals surface area contributed by atoms with E-state index in [-0.39, 0.29) is 5.25 Å². The van der Waals surface area contributed by atoms with E-state index in [1.165, 1.54) is 0 Å². The monoisotopic (exact) mass is 462 g/mol. The maximum absolute atomic E-state index is 11.0. The highest BCUT2D eigenvalue weighted by atomic mass is 79.9. The molecule has 3 aromatic rings. The summed E-state index contributed by atoms with van der Waals surface area (Å²) in [5.74, 6) is 0. The molecule has 0 aromatic heterocycles. The average Bonchev–Trinajstić information content (AvgIpc) is 2.62. The van der Waals surface area contributed by atoms with E-state index < -0.39 is 6.10 Å². The van der Waals surface area contributed by atoms with Gasteiger partial charge in [0.25, 0.3) is 0 Å². The fraction of sp³-hybridized carbons (Fsp3) is 0.100. The normalized spacial score (nSPS) is 13.5. The number of benzene rings is 3. The van der Waals surface area contributed by atoms with Gasteiger partial charge in [-0.05, 0) is 47.5 Å². The number of aliphatic hydroxyl groups is 1. The molecule has 2 atom stereocenters. The molecule has 0 radical (unpaired) electrons. The van der Waals surface area contributed by atoms with Crippen LogP contribution in [0.3, 0.4) is 0 Å². The molecule has 0 spiro atoms. The van der Waals surface area contributed by atoms with Crippen LogP contribution >= 0.6 is 43.6 Å². The van der Waals surface area contributed by atoms with Gasteiger partial charge in [-0.2, -0.15) is 0 Å². The number of halogens is 2. The van der Waals surface area contributed by atoms with Crippen LogP contribution in [0.25, 0.3) is 0 Å². The third kappa shape index (κ3) is 4.51. The molecule has 0 amide bonds. The molecule has 24 heavy (non-hydrogen) atoms. The molecule has 0 saturated heterocycles. The highest BCUT2D eigenvalue weighted by Gasteiger charge is 2.24. The quantitative estimate of drug-likeness (QED) is 0.421. The van der Waals surface area contributed by atoms with Crippen LogP contribution in [0.15, 0.2) is 92.7 Å². The molecule has 0 aliphatic rings. The second kappa shape index (κ2) is 8.34. The number of hydrogen-bond acceptors (Lipinski definition) is 2. The first-order valence-electron chi connectivity index (χ1n) is 7.54. The molecule has 0 heterocycles. The minimum atomic E-state index is -0.593. The average molecular weight is 464 g/mol. The topological polar surface area (TPSA) is 20.2 Å². The van der Waals surface area contributed by atoms with Crippen LogP contribution < -0.4 is 0 Å². The second-order valence-corrected chi connectivity index (χ2v) is 8.45. The van der Waals surface area contributed by atoms with Gasteiger partial charge in [0.15, 0.2) is 0 Å². The van der Waals surface area contributed by atoms with Gasteiger partial charge >= 0.3 is 0 Å². The fourth-order valence-corrected chi connectivity index (χ4v) is 4.16. The maximum Gasteiger partial charge on any atom is 0.0952 e. The molecule has 3 aromatic carbocycles. The molecule has 1 N–H and O–H groups in total. The van der Waals surface area contributed by atoms with E-state index in [9.17, 15) is 5.11 Å². The predicted octanol–water partition coefficient (Wildman–Crippen LogP) is 6.78. The Morgan fingerprint density at radius 2 is 1.17 bits per heavy atom. The summed E-state index contributed by atoms with van der Waals surface area (Å²) in [4.78, 5) is 1.14. The first kappa shape index (κ1) is 17.7. The summed E-state index contributed by atoms with van der Waals surface area (Å²) in [5, 5.41) is 10.9. The Morgan fingerprint density at radius 3 is 1.71 bits per heavy atom. The van der Waals surface area contributed by atoms with Gasteiger partial charge in [0.2, 0.25) is 0 Å². The third-order valence-electron chi connectivity index (χ3n) is 3.70. The molecule has 0 aliphatic heterocycles. The molecule has 0 saturated carbocycles. The summed E-state index contributed by atoms with van der Waals surface area (Å²) < 4.78 is 2.04. The summed E-state index contributed by atoms with van der Waals surface area (Å²) in [5.41, 5.74) is 2.01. The van der Waals surface area contributed by atoms with E-state index in [2.05, 4.69) is 56.1 Å². The van der Waals surface area contributed by atoms with Gasteiger partial charge in [0.05, 0.1) is 11.4 Å². The molecule has 0 bridgehead atoms. The lowest BCUT2D eigenvalue weighted by Crippen LogP contribution is -2.08. The van der Waals surface area contributed by atoms with E-state index in [1.807, 2.05) is 54.6 Å². The van der Waals surface area contributed by atoms with Crippen molar-refractivity contribution in [1.29, 1.82) is 0 Å². The van der Waals surface area contributed by atoms with Crippen molar-refractivity contribution in [2.24, 2.45) is 0 Å². The van der Waals surface area contributed by atoms with Gasteiger partial charge in [-0.1, -0.05) is 74.3 Å². The maximum atomic E-state index is 11.0. The number of hydrogen-bond donors (Lipinski definition) is 1. The smallest absolute Gasteiger partial charge is 0.0952 e. The molecule has 4 heteroatoms. The minimum absolute atomic E-state index is 0.0818. The molecule has 3 rings (SSSR count). The van der Waals surface area contributed by atoms with Gasteiger partial charge < -0.3 is 5.11 Å². The molecule has 1 nitrogen and oxygen atoms in total. The number of thioether (sulfide) groups is 1. The van der Waals surface area contributed by atoms with Gasteiger partial charge in [0.1, 0.15) is 0 Å². The lowest BCUT2D eigenvalue weighted by molar-refractivity contribution is 0.175. The van der Waals surface area contributed by atoms with Gasteiger partial charge in [-0.25, -0.2) is 0 Å². The van der Waals surface area contributed by atoms with Crippen molar-refractivity contribution in [2.75, 3.05) is 0 Å². The zero-order chi connectivity index (χ0) is 16.9. The molecule has 122 valence electrons. The van der Waals surface area contributed by atoms with Crippen LogP contribution in [0.1, 0.15) is 22.5 Å². The molecular formula is C20H16Br2OS. The van der Waals surface area contributed by atoms with Crippen molar-refractivity contribution in [3.63, 3.8) is 0 Å². The summed E-state index contributed by atoms with van der Waals surface area (Å²) in [6.45, 7) is 0. The Bertz CT molecular complexity index is 773. The van der Waals surface area contributed by atoms with Gasteiger partial charge in [0, 0.05) is 13.8 Å². The van der Waals surface area contributed by atoms with E-state index in [1.54, 1.807) is 11.8 Å². The predicted molar refractivity (Wildman–Crippen MR) is 108 cm³/mol. The first-order valence-corrected chi connectivity index (χ1v) is 10.0. The lowest BCUT2D eigenvalue weighted by Gasteiger charge is -2.23. The van der Waals surface area contributed by atoms with Crippen LogP contribution in [0.2, 0.25) is 0 Å². The third-order valence-corrected chi connectivity index (χ3v) is 6.09. The summed E-state index contributed by atoms with van der Waals surface area (Å²) >= 11 is 8.60. The van der Waals surface area contributed by atoms with Crippen molar-refractivity contribution < 1.29 is 5.11 Å². The Hall–Kier alpha value is -1.07. The molecular weight excluding hydrogens is 448 g/mol. The van der Waals surface area contributed by atoms with E-state index in [4.69, 9.17) is 0 Å². The van der Waals surface area contributed by atoms with Crippen LogP contribution in [-0.2, 0) is 0 Å². The Kier molecular flexibility index (Phi) is 6.17. The Balaban J connectivity index is 1.94. The number of aliphatic hydroxyl groups excluding tert-OH is 1. The van der Waals surface area contributed by atoms with Crippen molar-refractivity contribution in [3.05, 3.63) is 98.9 Å². The van der Waals surface area contributed by atoms with Crippen LogP contribution in [-0.4, -0.2) is 5.11 Å². The summed E-state index contributed by atoms with van der Waals surface area (Å²) in [6.07, 6.45) is -0.593. The largest absolute Gasteiger partial charge is 0.387 e. The van der Waals surface area contributed by atoms with Crippen LogP contribution in [0.4, 0.5) is 0 Å². The van der Waals surface area contributed by atoms with Crippen molar-refractivity contribution in [3.8, 4) is 0 Å². The van der Waals surface area contributed by atoms with Crippen molar-refractivity contribution in [1.82, 2.24) is 0 Å². The number of rotatable bonds is 5. The van der Waals surface area contributed by atoms with Gasteiger partial charge in [-0.3, -0.25) is 0 Å². The summed E-state index contributed by atoms with van der Waals surface area (Å²) in [7, 11) is 0. The Labute approximate surface area is 163 Å². The highest BCUT2D eigenvalue weighted by Crippen LogP contribution is 2.44. The van der Waals surface area contributed by atoms with Crippen molar-refractivity contribution in [2.45, 2.75) is 16.2 Å². The SMILES string of the molecule is O[C@@H](c1ccc(Br)cc1)[C@@H](Sc1ccccc1)c1ccc(Br)cc1. The Morgan fingerprint density at radius 1 is 0.667 bits per heavy atom. The van der Waals surface area contributed by atoms with E-state index in [0.29, 0.717) is 0 Å². The summed E-state index contributed by atoms with van der Waals surface area (Å²) in [6, 6.07) is 26.2. The minimum Gasteiger partial charge on any atom is -0.387 e.